The van der Waals surface area contributed by atoms with Crippen LogP contribution in [0.3, 0.4) is 0 Å². The monoisotopic (exact) mass is 378 g/mol. The molecule has 1 amide bonds. The first kappa shape index (κ1) is 21.3. The summed E-state index contributed by atoms with van der Waals surface area (Å²) in [6.45, 7) is 6.60. The predicted molar refractivity (Wildman–Crippen MR) is 100 cm³/mol. The molecule has 0 unspecified atom stereocenters. The molecule has 1 rings (SSSR count). The third-order valence-electron chi connectivity index (χ3n) is 3.07. The first-order chi connectivity index (χ1) is 12.4. The molecule has 1 aromatic rings. The van der Waals surface area contributed by atoms with Gasteiger partial charge in [-0.05, 0) is 11.6 Å². The van der Waals surface area contributed by atoms with Gasteiger partial charge in [0.05, 0.1) is 0 Å². The van der Waals surface area contributed by atoms with Crippen molar-refractivity contribution in [3.05, 3.63) is 66.6 Å². The maximum Gasteiger partial charge on any atom is 0.321 e. The van der Waals surface area contributed by atoms with Crippen LogP contribution in [-0.4, -0.2) is 51.4 Å². The molecule has 0 saturated heterocycles. The second kappa shape index (κ2) is 11.0. The molecule has 0 aliphatic heterocycles. The van der Waals surface area contributed by atoms with E-state index in [1.807, 2.05) is 6.07 Å². The average molecular weight is 378 g/mol. The second-order valence-electron chi connectivity index (χ2n) is 5.12. The van der Waals surface area contributed by atoms with Crippen LogP contribution in [0.1, 0.15) is 5.56 Å². The molecule has 0 fully saturated rings. The number of ether oxygens (including phenoxy) is 1. The summed E-state index contributed by atoms with van der Waals surface area (Å²) in [5.41, 5.74) is 0.704. The molecule has 0 atom stereocenters. The van der Waals surface area contributed by atoms with Crippen LogP contribution in [0, 0.1) is 0 Å². The molecule has 1 aromatic carbocycles. The maximum atomic E-state index is 11.9. The van der Waals surface area contributed by atoms with Gasteiger partial charge in [-0.15, -0.1) is 13.2 Å². The zero-order chi connectivity index (χ0) is 19.4. The number of hydrogen-bond donors (Lipinski definition) is 1. The summed E-state index contributed by atoms with van der Waals surface area (Å²) in [5.74, 6) is -1.28. The van der Waals surface area contributed by atoms with Crippen LogP contribution in [0.4, 0.5) is 0 Å². The van der Waals surface area contributed by atoms with Crippen LogP contribution >= 0.6 is 0 Å². The molecule has 0 heterocycles. The molecular weight excluding hydrogens is 356 g/mol. The van der Waals surface area contributed by atoms with Gasteiger partial charge in [0.25, 0.3) is 5.91 Å². The van der Waals surface area contributed by atoms with Crippen LogP contribution in [0.5, 0.6) is 0 Å². The van der Waals surface area contributed by atoms with Crippen LogP contribution in [0.2, 0.25) is 0 Å². The summed E-state index contributed by atoms with van der Waals surface area (Å²) < 4.78 is 30.5. The predicted octanol–water partition coefficient (Wildman–Crippen LogP) is 1.32. The number of esters is 1. The molecule has 0 aliphatic rings. The average Bonchev–Trinajstić information content (AvgIpc) is 2.63. The van der Waals surface area contributed by atoms with Crippen molar-refractivity contribution in [2.24, 2.45) is 0 Å². The summed E-state index contributed by atoms with van der Waals surface area (Å²) in [6.07, 6.45) is 4.48. The van der Waals surface area contributed by atoms with E-state index >= 15 is 0 Å². The van der Waals surface area contributed by atoms with Crippen molar-refractivity contribution in [2.45, 2.75) is 0 Å². The summed E-state index contributed by atoms with van der Waals surface area (Å²) in [6, 6.07) is 8.84. The minimum Gasteiger partial charge on any atom is -0.455 e. The Morgan fingerprint density at radius 2 is 1.73 bits per heavy atom. The standard InChI is InChI=1S/C18H22N2O5S/c1-3-11-20(12-4-2)17(21)15-25-18(22)14-19-26(23,24)13-10-16-8-6-5-7-9-16/h3-10,13,19H,1-2,11-12,14-15H2/b13-10+. The fourth-order valence-electron chi connectivity index (χ4n) is 1.81. The smallest absolute Gasteiger partial charge is 0.321 e. The van der Waals surface area contributed by atoms with E-state index in [9.17, 15) is 18.0 Å². The lowest BCUT2D eigenvalue weighted by Gasteiger charge is -2.18. The van der Waals surface area contributed by atoms with Crippen molar-refractivity contribution in [1.29, 1.82) is 0 Å². The Morgan fingerprint density at radius 1 is 1.12 bits per heavy atom. The molecule has 0 radical (unpaired) electrons. The van der Waals surface area contributed by atoms with Crippen LogP contribution in [-0.2, 0) is 24.3 Å². The van der Waals surface area contributed by atoms with Gasteiger partial charge in [-0.2, -0.15) is 0 Å². The molecular formula is C18H22N2O5S. The molecule has 0 spiro atoms. The second-order valence-corrected chi connectivity index (χ2v) is 6.77. The summed E-state index contributed by atoms with van der Waals surface area (Å²) >= 11 is 0. The lowest BCUT2D eigenvalue weighted by atomic mass is 10.2. The van der Waals surface area contributed by atoms with Gasteiger partial charge in [0.2, 0.25) is 10.0 Å². The highest BCUT2D eigenvalue weighted by atomic mass is 32.2. The van der Waals surface area contributed by atoms with Crippen molar-refractivity contribution in [3.63, 3.8) is 0 Å². The molecule has 1 N–H and O–H groups in total. The largest absolute Gasteiger partial charge is 0.455 e. The number of amides is 1. The lowest BCUT2D eigenvalue weighted by Crippen LogP contribution is -2.36. The lowest BCUT2D eigenvalue weighted by molar-refractivity contribution is -0.150. The highest BCUT2D eigenvalue weighted by Crippen LogP contribution is 2.02. The van der Waals surface area contributed by atoms with Gasteiger partial charge in [-0.25, -0.2) is 13.1 Å². The molecule has 26 heavy (non-hydrogen) atoms. The quantitative estimate of drug-likeness (QED) is 0.463. The Labute approximate surface area is 153 Å². The van der Waals surface area contributed by atoms with Crippen molar-refractivity contribution >= 4 is 28.0 Å². The van der Waals surface area contributed by atoms with E-state index in [0.29, 0.717) is 18.7 Å². The van der Waals surface area contributed by atoms with Gasteiger partial charge in [0.15, 0.2) is 6.61 Å². The van der Waals surface area contributed by atoms with Gasteiger partial charge in [-0.1, -0.05) is 42.5 Å². The number of hydrogen-bond acceptors (Lipinski definition) is 5. The third-order valence-corrected chi connectivity index (χ3v) is 4.11. The molecule has 140 valence electrons. The minimum absolute atomic E-state index is 0.291. The number of nitrogens with zero attached hydrogens (tertiary/aromatic N) is 1. The SMILES string of the molecule is C=CCN(CC=C)C(=O)COC(=O)CNS(=O)(=O)/C=C/c1ccccc1. The van der Waals surface area contributed by atoms with Crippen molar-refractivity contribution in [3.8, 4) is 0 Å². The Morgan fingerprint density at radius 3 is 2.31 bits per heavy atom. The zero-order valence-electron chi connectivity index (χ0n) is 14.3. The Kier molecular flexibility index (Phi) is 9.04. The van der Waals surface area contributed by atoms with Gasteiger partial charge in [-0.3, -0.25) is 9.59 Å². The number of carbonyl (C=O) groups excluding carboxylic acids is 2. The molecule has 0 bridgehead atoms. The van der Waals surface area contributed by atoms with Gasteiger partial charge in [0, 0.05) is 18.5 Å². The minimum atomic E-state index is -3.80. The summed E-state index contributed by atoms with van der Waals surface area (Å²) in [7, 11) is -3.80. The number of nitrogens with one attached hydrogen (secondary N) is 1. The van der Waals surface area contributed by atoms with Gasteiger partial charge >= 0.3 is 5.97 Å². The molecule has 8 heteroatoms. The van der Waals surface area contributed by atoms with E-state index in [0.717, 1.165) is 5.41 Å². The van der Waals surface area contributed by atoms with E-state index in [4.69, 9.17) is 4.74 Å². The van der Waals surface area contributed by atoms with Crippen LogP contribution in [0.15, 0.2) is 61.0 Å². The van der Waals surface area contributed by atoms with Gasteiger partial charge < -0.3 is 9.64 Å². The molecule has 7 nitrogen and oxygen atoms in total. The molecule has 0 aromatic heterocycles. The summed E-state index contributed by atoms with van der Waals surface area (Å²) in [4.78, 5) is 24.9. The number of carbonyl (C=O) groups is 2. The summed E-state index contributed by atoms with van der Waals surface area (Å²) in [5, 5.41) is 0.955. The fourth-order valence-corrected chi connectivity index (χ4v) is 2.57. The van der Waals surface area contributed by atoms with E-state index in [2.05, 4.69) is 17.9 Å². The third kappa shape index (κ3) is 8.41. The van der Waals surface area contributed by atoms with E-state index < -0.39 is 35.1 Å². The van der Waals surface area contributed by atoms with E-state index in [1.54, 1.807) is 24.3 Å². The van der Waals surface area contributed by atoms with Crippen LogP contribution < -0.4 is 4.72 Å². The highest BCUT2D eigenvalue weighted by molar-refractivity contribution is 7.92. The van der Waals surface area contributed by atoms with Crippen molar-refractivity contribution < 1.29 is 22.7 Å². The van der Waals surface area contributed by atoms with Crippen LogP contribution in [0.25, 0.3) is 6.08 Å². The normalized spacial score (nSPS) is 11.1. The fraction of sp³-hybridized carbons (Fsp3) is 0.222. The first-order valence-electron chi connectivity index (χ1n) is 7.76. The van der Waals surface area contributed by atoms with E-state index in [-0.39, 0.29) is 0 Å². The zero-order valence-corrected chi connectivity index (χ0v) is 15.2. The number of sulfonamides is 1. The first-order valence-corrected chi connectivity index (χ1v) is 9.30. The van der Waals surface area contributed by atoms with E-state index in [1.165, 1.54) is 23.1 Å². The Bertz CT molecular complexity index is 747. The van der Waals surface area contributed by atoms with Crippen molar-refractivity contribution in [1.82, 2.24) is 9.62 Å². The number of benzene rings is 1. The molecule has 0 saturated carbocycles. The number of rotatable bonds is 11. The van der Waals surface area contributed by atoms with Crippen molar-refractivity contribution in [2.75, 3.05) is 26.2 Å². The Hall–Kier alpha value is -2.71. The van der Waals surface area contributed by atoms with Gasteiger partial charge in [0.1, 0.15) is 6.54 Å². The Balaban J connectivity index is 2.45. The molecule has 0 aliphatic carbocycles. The highest BCUT2D eigenvalue weighted by Gasteiger charge is 2.15. The topological polar surface area (TPSA) is 92.8 Å². The maximum absolute atomic E-state index is 11.9.